The summed E-state index contributed by atoms with van der Waals surface area (Å²) >= 11 is 14.8. The molecule has 2 unspecified atom stereocenters. The van der Waals surface area contributed by atoms with E-state index in [-0.39, 0.29) is 17.9 Å². The smallest absolute Gasteiger partial charge is 0.183 e. The molecule has 0 bridgehead atoms. The first-order valence-corrected chi connectivity index (χ1v) is 31.9. The van der Waals surface area contributed by atoms with Gasteiger partial charge < -0.3 is 40.5 Å². The first-order chi connectivity index (χ1) is 40.2. The highest BCUT2D eigenvalue weighted by atomic mass is 127. The standard InChI is InChI=1S/C24H31ClN6O.C19H23ClN6.C18H26IN5O/c1-3-24(2)11-13-30(14-12-24)19-16-26-21-22(27-18-9-5-4-8-17(18)25)29-31(23(21)28-19)20-10-6-7-15-32-20;1-19(12-21)6-8-26(9-7-19)16-11-22-17-15(24-16)10-23-18(17)25-14-5-3-2-4-13(14)20;1-3-18(2)7-9-23(10-8-18)13-12-20-15-16(19)22-24(17(15)21-13)14-6-4-5-11-25-14/h4-5,8-9,16,20H,3,6-7,10-15H2,1-2H3,(H,27,29);2-5,11H,6-10,12,21H2,1H3,(H,23,25);12,14H,3-11H2,1-2H3. The third-order valence-corrected chi connectivity index (χ3v) is 19.8. The summed E-state index contributed by atoms with van der Waals surface area (Å²) in [6.07, 6.45) is 21.3. The van der Waals surface area contributed by atoms with Gasteiger partial charge in [0.25, 0.3) is 0 Å². The molecule has 0 radical (unpaired) electrons. The van der Waals surface area contributed by atoms with Gasteiger partial charge in [-0.25, -0.2) is 39.3 Å². The molecule has 0 spiro atoms. The van der Waals surface area contributed by atoms with Crippen LogP contribution >= 0.6 is 45.8 Å². The molecule has 442 valence electrons. The monoisotopic (exact) mass is 1280 g/mol. The third-order valence-electron chi connectivity index (χ3n) is 18.4. The lowest BCUT2D eigenvalue weighted by atomic mass is 9.78. The van der Waals surface area contributed by atoms with Crippen LogP contribution in [-0.2, 0) is 16.0 Å². The van der Waals surface area contributed by atoms with Crippen molar-refractivity contribution in [2.75, 3.05) is 84.4 Å². The summed E-state index contributed by atoms with van der Waals surface area (Å²) in [7, 11) is 0. The number of halogens is 3. The number of ether oxygens (including phenoxy) is 2. The molecule has 2 atom stereocenters. The summed E-state index contributed by atoms with van der Waals surface area (Å²) in [5.74, 6) is 4.19. The summed E-state index contributed by atoms with van der Waals surface area (Å²) in [4.78, 5) is 40.5. The molecule has 0 aliphatic carbocycles. The van der Waals surface area contributed by atoms with Crippen LogP contribution in [0.25, 0.3) is 22.3 Å². The molecule has 5 saturated heterocycles. The first kappa shape index (κ1) is 59.2. The molecular formula is C61H80Cl2IN17O2. The maximum Gasteiger partial charge on any atom is 0.183 e. The van der Waals surface area contributed by atoms with Crippen molar-refractivity contribution in [3.05, 3.63) is 92.3 Å². The average Bonchev–Trinajstić information content (AvgIpc) is 4.31. The number of nitrogens with zero attached hydrogens (tertiary/aromatic N) is 14. The van der Waals surface area contributed by atoms with E-state index < -0.39 is 0 Å². The molecule has 0 amide bonds. The molecule has 83 heavy (non-hydrogen) atoms. The number of benzene rings is 2. The normalized spacial score (nSPS) is 21.1. The Labute approximate surface area is 511 Å². The topological polar surface area (TPSA) is 204 Å². The number of hydrogen-bond donors (Lipinski definition) is 3. The molecule has 5 aromatic heterocycles. The Bertz CT molecular complexity index is 3370. The molecule has 4 N–H and O–H groups in total. The van der Waals surface area contributed by atoms with Gasteiger partial charge in [-0.2, -0.15) is 5.10 Å². The van der Waals surface area contributed by atoms with Crippen LogP contribution in [-0.4, -0.2) is 114 Å². The predicted octanol–water partition coefficient (Wildman–Crippen LogP) is 13.2. The van der Waals surface area contributed by atoms with Crippen molar-refractivity contribution in [2.24, 2.45) is 27.0 Å². The lowest BCUT2D eigenvalue weighted by Gasteiger charge is -2.39. The van der Waals surface area contributed by atoms with Crippen LogP contribution in [0, 0.1) is 19.9 Å². The van der Waals surface area contributed by atoms with Gasteiger partial charge in [-0.3, -0.25) is 4.99 Å². The SMILES string of the molecule is CC1(CN)CCN(c2cnc3c(n2)CN=C3Nc2ccccc2Cl)CC1.CCC1(C)CCN(c2cnc3c(I)nn(C4CCCCO4)c3n2)CC1.CCC1(C)CCN(c2cnc3c(Nc4ccccc4Cl)nn(C4CCCCO4)c3n2)CC1. The molecule has 19 nitrogen and oxygen atoms in total. The molecule has 13 rings (SSSR count). The van der Waals surface area contributed by atoms with Crippen LogP contribution in [0.5, 0.6) is 0 Å². The summed E-state index contributed by atoms with van der Waals surface area (Å²) in [5.41, 5.74) is 13.6. The highest BCUT2D eigenvalue weighted by molar-refractivity contribution is 14.1. The van der Waals surface area contributed by atoms with E-state index in [4.69, 9.17) is 63.4 Å². The van der Waals surface area contributed by atoms with Crippen LogP contribution in [0.2, 0.25) is 10.0 Å². The summed E-state index contributed by atoms with van der Waals surface area (Å²) in [6, 6.07) is 15.3. The van der Waals surface area contributed by atoms with E-state index in [1.807, 2.05) is 76.5 Å². The summed E-state index contributed by atoms with van der Waals surface area (Å²) in [6.45, 7) is 20.5. The van der Waals surface area contributed by atoms with Gasteiger partial charge in [0.05, 0.1) is 52.2 Å². The Kier molecular flexibility index (Phi) is 18.5. The zero-order valence-corrected chi connectivity index (χ0v) is 52.4. The summed E-state index contributed by atoms with van der Waals surface area (Å²) < 4.78 is 16.7. The van der Waals surface area contributed by atoms with Crippen LogP contribution < -0.4 is 31.1 Å². The number of amidine groups is 1. The van der Waals surface area contributed by atoms with E-state index in [2.05, 4.69) is 103 Å². The van der Waals surface area contributed by atoms with E-state index in [9.17, 15) is 0 Å². The Morgan fingerprint density at radius 2 is 1.07 bits per heavy atom. The van der Waals surface area contributed by atoms with Crippen molar-refractivity contribution < 1.29 is 9.47 Å². The number of para-hydroxylation sites is 2. The first-order valence-electron chi connectivity index (χ1n) is 30.0. The lowest BCUT2D eigenvalue weighted by molar-refractivity contribution is -0.0372. The van der Waals surface area contributed by atoms with Gasteiger partial charge in [-0.15, -0.1) is 5.10 Å². The van der Waals surface area contributed by atoms with Crippen LogP contribution in [0.1, 0.15) is 148 Å². The van der Waals surface area contributed by atoms with Crippen molar-refractivity contribution in [2.45, 2.75) is 144 Å². The Balaban J connectivity index is 0.000000132. The minimum Gasteiger partial charge on any atom is -0.356 e. The second kappa shape index (κ2) is 26.0. The Hall–Kier alpha value is -5.52. The van der Waals surface area contributed by atoms with Crippen LogP contribution in [0.4, 0.5) is 34.6 Å². The zero-order chi connectivity index (χ0) is 57.7. The molecule has 6 aliphatic heterocycles. The van der Waals surface area contributed by atoms with E-state index >= 15 is 0 Å². The van der Waals surface area contributed by atoms with Gasteiger partial charge in [0.2, 0.25) is 0 Å². The number of anilines is 6. The fourth-order valence-corrected chi connectivity index (χ4v) is 12.7. The van der Waals surface area contributed by atoms with Gasteiger partial charge in [-0.1, -0.05) is 94.9 Å². The van der Waals surface area contributed by atoms with E-state index in [0.29, 0.717) is 33.2 Å². The number of aromatic nitrogens is 10. The van der Waals surface area contributed by atoms with Crippen molar-refractivity contribution in [3.63, 3.8) is 0 Å². The number of hydrogen-bond acceptors (Lipinski definition) is 17. The highest BCUT2D eigenvalue weighted by Crippen LogP contribution is 2.39. The van der Waals surface area contributed by atoms with Crippen LogP contribution in [0.15, 0.2) is 72.1 Å². The molecule has 6 aliphatic rings. The predicted molar refractivity (Wildman–Crippen MR) is 341 cm³/mol. The second-order valence-electron chi connectivity index (χ2n) is 24.2. The number of piperidine rings is 3. The van der Waals surface area contributed by atoms with Crippen molar-refractivity contribution in [1.29, 1.82) is 0 Å². The number of nitrogens with two attached hydrogens (primary N) is 1. The van der Waals surface area contributed by atoms with Gasteiger partial charge in [-0.05, 0) is 147 Å². The molecule has 2 aromatic carbocycles. The van der Waals surface area contributed by atoms with Crippen LogP contribution in [0.3, 0.4) is 0 Å². The molecule has 11 heterocycles. The highest BCUT2D eigenvalue weighted by Gasteiger charge is 2.34. The van der Waals surface area contributed by atoms with Gasteiger partial charge in [0.1, 0.15) is 28.7 Å². The summed E-state index contributed by atoms with van der Waals surface area (Å²) in [5, 5.41) is 17.4. The molecule has 5 fully saturated rings. The fraction of sp³-hybridized carbons (Fsp3) is 0.557. The number of aliphatic imine (C=N–C) groups is 1. The second-order valence-corrected chi connectivity index (χ2v) is 26.0. The zero-order valence-electron chi connectivity index (χ0n) is 48.8. The van der Waals surface area contributed by atoms with Gasteiger partial charge in [0.15, 0.2) is 44.6 Å². The number of nitrogens with one attached hydrogen (secondary N) is 2. The third kappa shape index (κ3) is 13.5. The molecular weight excluding hydrogens is 1200 g/mol. The number of fused-ring (bicyclic) bond motifs is 3. The molecule has 0 saturated carbocycles. The number of rotatable bonds is 11. The largest absolute Gasteiger partial charge is 0.356 e. The quantitative estimate of drug-likeness (QED) is 0.103. The van der Waals surface area contributed by atoms with Crippen molar-refractivity contribution in [1.82, 2.24) is 49.5 Å². The van der Waals surface area contributed by atoms with Gasteiger partial charge in [0, 0.05) is 52.5 Å². The molecule has 7 aromatic rings. The van der Waals surface area contributed by atoms with E-state index in [1.54, 1.807) is 0 Å². The molecule has 22 heteroatoms. The fourth-order valence-electron chi connectivity index (χ4n) is 11.7. The average molecular weight is 1280 g/mol. The maximum atomic E-state index is 6.38. The van der Waals surface area contributed by atoms with Gasteiger partial charge >= 0.3 is 0 Å². The maximum absolute atomic E-state index is 6.38. The van der Waals surface area contributed by atoms with E-state index in [1.165, 1.54) is 44.9 Å². The minimum atomic E-state index is -0.123. The van der Waals surface area contributed by atoms with Crippen molar-refractivity contribution >= 4 is 109 Å². The Morgan fingerprint density at radius 1 is 0.602 bits per heavy atom. The van der Waals surface area contributed by atoms with Crippen molar-refractivity contribution in [3.8, 4) is 0 Å². The minimum absolute atomic E-state index is 0.00550. The Morgan fingerprint density at radius 3 is 1.58 bits per heavy atom. The lowest BCUT2D eigenvalue weighted by Crippen LogP contribution is -2.42. The van der Waals surface area contributed by atoms with E-state index in [0.717, 1.165) is 176 Å².